The van der Waals surface area contributed by atoms with Gasteiger partial charge < -0.3 is 0 Å². The molecule has 3 N–H and O–H groups in total. The quantitative estimate of drug-likeness (QED) is 0.572. The highest BCUT2D eigenvalue weighted by Gasteiger charge is 2.12. The lowest BCUT2D eigenvalue weighted by molar-refractivity contribution is 0.637. The minimum absolute atomic E-state index is 0.0723. The number of benzene rings is 2. The van der Waals surface area contributed by atoms with Crippen molar-refractivity contribution in [2.24, 2.45) is 5.84 Å². The molecule has 1 atom stereocenters. The molecule has 3 rings (SSSR count). The van der Waals surface area contributed by atoms with E-state index in [1.54, 1.807) is 6.20 Å². The Morgan fingerprint density at radius 3 is 2.50 bits per heavy atom. The van der Waals surface area contributed by atoms with E-state index in [4.69, 9.17) is 17.4 Å². The molecule has 0 aliphatic carbocycles. The first-order valence-electron chi connectivity index (χ1n) is 6.34. The average molecular weight is 284 g/mol. The van der Waals surface area contributed by atoms with Gasteiger partial charge in [0.05, 0.1) is 11.6 Å². The van der Waals surface area contributed by atoms with Crippen LogP contribution in [0.25, 0.3) is 10.9 Å². The number of rotatable bonds is 3. The Bertz CT molecular complexity index is 725. The van der Waals surface area contributed by atoms with E-state index < -0.39 is 0 Å². The Hall–Kier alpha value is -1.94. The minimum Gasteiger partial charge on any atom is -0.271 e. The summed E-state index contributed by atoms with van der Waals surface area (Å²) in [6.45, 7) is 0. The van der Waals surface area contributed by atoms with E-state index in [0.29, 0.717) is 5.02 Å². The Morgan fingerprint density at radius 2 is 1.75 bits per heavy atom. The highest BCUT2D eigenvalue weighted by atomic mass is 35.5. The summed E-state index contributed by atoms with van der Waals surface area (Å²) in [7, 11) is 0. The fourth-order valence-electron chi connectivity index (χ4n) is 2.31. The van der Waals surface area contributed by atoms with Crippen molar-refractivity contribution in [3.8, 4) is 0 Å². The third-order valence-corrected chi connectivity index (χ3v) is 3.58. The van der Waals surface area contributed by atoms with E-state index in [-0.39, 0.29) is 6.04 Å². The van der Waals surface area contributed by atoms with Gasteiger partial charge in [-0.1, -0.05) is 35.9 Å². The zero-order chi connectivity index (χ0) is 13.9. The molecule has 0 radical (unpaired) electrons. The van der Waals surface area contributed by atoms with Crippen LogP contribution in [-0.4, -0.2) is 4.98 Å². The van der Waals surface area contributed by atoms with Crippen LogP contribution in [0.4, 0.5) is 0 Å². The molecular formula is C16H14ClN3. The molecule has 20 heavy (non-hydrogen) atoms. The molecule has 0 aliphatic rings. The van der Waals surface area contributed by atoms with Crippen molar-refractivity contribution in [3.05, 3.63) is 76.9 Å². The number of pyridine rings is 1. The summed E-state index contributed by atoms with van der Waals surface area (Å²) in [5.41, 5.74) is 5.99. The maximum Gasteiger partial charge on any atom is 0.0710 e. The number of aromatic nitrogens is 1. The van der Waals surface area contributed by atoms with Crippen molar-refractivity contribution in [3.63, 3.8) is 0 Å². The maximum atomic E-state index is 5.92. The summed E-state index contributed by atoms with van der Waals surface area (Å²) in [5, 5.41) is 1.81. The molecule has 0 fully saturated rings. The third-order valence-electron chi connectivity index (χ3n) is 3.33. The lowest BCUT2D eigenvalue weighted by atomic mass is 9.98. The number of hydrogen-bond acceptors (Lipinski definition) is 3. The summed E-state index contributed by atoms with van der Waals surface area (Å²) in [4.78, 5) is 4.32. The van der Waals surface area contributed by atoms with Crippen LogP contribution in [0.1, 0.15) is 17.2 Å². The second kappa shape index (κ2) is 5.59. The lowest BCUT2D eigenvalue weighted by Crippen LogP contribution is -2.28. The van der Waals surface area contributed by atoms with Crippen LogP contribution in [0.2, 0.25) is 5.02 Å². The van der Waals surface area contributed by atoms with Crippen molar-refractivity contribution >= 4 is 22.5 Å². The monoisotopic (exact) mass is 283 g/mol. The van der Waals surface area contributed by atoms with Gasteiger partial charge >= 0.3 is 0 Å². The Labute approximate surface area is 122 Å². The maximum absolute atomic E-state index is 5.92. The van der Waals surface area contributed by atoms with E-state index in [9.17, 15) is 0 Å². The van der Waals surface area contributed by atoms with E-state index >= 15 is 0 Å². The highest BCUT2D eigenvalue weighted by molar-refractivity contribution is 6.30. The molecule has 0 amide bonds. The van der Waals surface area contributed by atoms with E-state index in [0.717, 1.165) is 22.0 Å². The van der Waals surface area contributed by atoms with Gasteiger partial charge in [0.1, 0.15) is 0 Å². The number of nitrogens with two attached hydrogens (primary N) is 1. The smallest absolute Gasteiger partial charge is 0.0710 e. The standard InChI is InChI=1S/C16H14ClN3/c17-14-6-3-11(4-7-14)16(20-18)13-5-8-15-12(10-13)2-1-9-19-15/h1-10,16,20H,18H2. The molecule has 0 aliphatic heterocycles. The van der Waals surface area contributed by atoms with Crippen molar-refractivity contribution in [2.45, 2.75) is 6.04 Å². The first-order chi connectivity index (χ1) is 9.78. The van der Waals surface area contributed by atoms with Crippen LogP contribution in [0.3, 0.4) is 0 Å². The number of fused-ring (bicyclic) bond motifs is 1. The van der Waals surface area contributed by atoms with Crippen molar-refractivity contribution in [1.82, 2.24) is 10.4 Å². The number of halogens is 1. The molecular weight excluding hydrogens is 270 g/mol. The fraction of sp³-hybridized carbons (Fsp3) is 0.0625. The summed E-state index contributed by atoms with van der Waals surface area (Å²) >= 11 is 5.92. The van der Waals surface area contributed by atoms with Gasteiger partial charge in [-0.05, 0) is 41.5 Å². The zero-order valence-electron chi connectivity index (χ0n) is 10.8. The summed E-state index contributed by atoms with van der Waals surface area (Å²) in [6, 6.07) is 17.7. The second-order valence-corrected chi connectivity index (χ2v) is 5.04. The van der Waals surface area contributed by atoms with Crippen LogP contribution >= 0.6 is 11.6 Å². The molecule has 1 unspecified atom stereocenters. The zero-order valence-corrected chi connectivity index (χ0v) is 11.5. The molecule has 4 heteroatoms. The predicted octanol–water partition coefficient (Wildman–Crippen LogP) is 3.44. The molecule has 0 bridgehead atoms. The normalized spacial score (nSPS) is 12.5. The van der Waals surface area contributed by atoms with Gasteiger partial charge in [0.2, 0.25) is 0 Å². The van der Waals surface area contributed by atoms with Crippen molar-refractivity contribution in [1.29, 1.82) is 0 Å². The topological polar surface area (TPSA) is 50.9 Å². The number of hydrazine groups is 1. The SMILES string of the molecule is NNC(c1ccc(Cl)cc1)c1ccc2ncccc2c1. The lowest BCUT2D eigenvalue weighted by Gasteiger charge is -2.17. The van der Waals surface area contributed by atoms with Gasteiger partial charge in [0.25, 0.3) is 0 Å². The summed E-state index contributed by atoms with van der Waals surface area (Å²) in [5.74, 6) is 5.72. The molecule has 2 aromatic carbocycles. The fourth-order valence-corrected chi connectivity index (χ4v) is 2.44. The number of hydrogen-bond donors (Lipinski definition) is 2. The highest BCUT2D eigenvalue weighted by Crippen LogP contribution is 2.25. The molecule has 1 aromatic heterocycles. The number of nitrogens with one attached hydrogen (secondary N) is 1. The number of nitrogens with zero attached hydrogens (tertiary/aromatic N) is 1. The summed E-state index contributed by atoms with van der Waals surface area (Å²) < 4.78 is 0. The Balaban J connectivity index is 2.04. The molecule has 0 saturated heterocycles. The van der Waals surface area contributed by atoms with Crippen molar-refractivity contribution in [2.75, 3.05) is 0 Å². The van der Waals surface area contributed by atoms with Gasteiger partial charge in [0, 0.05) is 16.6 Å². The van der Waals surface area contributed by atoms with Gasteiger partial charge in [-0.2, -0.15) is 0 Å². The van der Waals surface area contributed by atoms with Crippen LogP contribution in [0.5, 0.6) is 0 Å². The first kappa shape index (κ1) is 13.1. The van der Waals surface area contributed by atoms with Gasteiger partial charge in [-0.15, -0.1) is 0 Å². The minimum atomic E-state index is -0.0723. The van der Waals surface area contributed by atoms with Gasteiger partial charge in [-0.25, -0.2) is 5.43 Å². The predicted molar refractivity (Wildman–Crippen MR) is 82.4 cm³/mol. The molecule has 100 valence electrons. The van der Waals surface area contributed by atoms with Gasteiger partial charge in [-0.3, -0.25) is 10.8 Å². The van der Waals surface area contributed by atoms with Crippen LogP contribution in [0, 0.1) is 0 Å². The molecule has 0 spiro atoms. The van der Waals surface area contributed by atoms with Gasteiger partial charge in [0.15, 0.2) is 0 Å². The van der Waals surface area contributed by atoms with Crippen molar-refractivity contribution < 1.29 is 0 Å². The Kier molecular flexibility index (Phi) is 3.65. The molecule has 1 heterocycles. The molecule has 3 nitrogen and oxygen atoms in total. The molecule has 3 aromatic rings. The first-order valence-corrected chi connectivity index (χ1v) is 6.72. The van der Waals surface area contributed by atoms with E-state index in [1.807, 2.05) is 48.5 Å². The largest absolute Gasteiger partial charge is 0.271 e. The van der Waals surface area contributed by atoms with Crippen LogP contribution in [0.15, 0.2) is 60.8 Å². The van der Waals surface area contributed by atoms with E-state index in [1.165, 1.54) is 0 Å². The van der Waals surface area contributed by atoms with Crippen LogP contribution in [-0.2, 0) is 0 Å². The summed E-state index contributed by atoms with van der Waals surface area (Å²) in [6.07, 6.45) is 1.79. The Morgan fingerprint density at radius 1 is 1.00 bits per heavy atom. The average Bonchev–Trinajstić information content (AvgIpc) is 2.50. The van der Waals surface area contributed by atoms with Crippen LogP contribution < -0.4 is 11.3 Å². The van der Waals surface area contributed by atoms with E-state index in [2.05, 4.69) is 16.5 Å². The molecule has 0 saturated carbocycles. The third kappa shape index (κ3) is 2.51. The second-order valence-electron chi connectivity index (χ2n) is 4.61.